The van der Waals surface area contributed by atoms with Gasteiger partial charge in [0.05, 0.1) is 11.9 Å². The Labute approximate surface area is 112 Å². The third kappa shape index (κ3) is 2.24. The Bertz CT molecular complexity index is 432. The van der Waals surface area contributed by atoms with Crippen LogP contribution in [0.15, 0.2) is 6.20 Å². The smallest absolute Gasteiger partial charge is 0.224 e. The Morgan fingerprint density at radius 1 is 1.28 bits per heavy atom. The fourth-order valence-electron chi connectivity index (χ4n) is 2.95. The molecule has 0 radical (unpaired) electrons. The molecule has 0 aromatic carbocycles. The van der Waals surface area contributed by atoms with E-state index in [2.05, 4.69) is 19.8 Å². The fraction of sp³-hybridized carbons (Fsp3) is 0.667. The van der Waals surface area contributed by atoms with Crippen molar-refractivity contribution in [3.8, 4) is 0 Å². The van der Waals surface area contributed by atoms with E-state index in [1.807, 2.05) is 0 Å². The van der Waals surface area contributed by atoms with Gasteiger partial charge in [0.25, 0.3) is 0 Å². The van der Waals surface area contributed by atoms with E-state index >= 15 is 0 Å². The summed E-state index contributed by atoms with van der Waals surface area (Å²) >= 11 is 5.84. The molecule has 0 spiro atoms. The molecule has 1 aromatic heterocycles. The number of anilines is 2. The van der Waals surface area contributed by atoms with Crippen molar-refractivity contribution in [3.05, 3.63) is 11.5 Å². The quantitative estimate of drug-likeness (QED) is 0.821. The molecule has 0 bridgehead atoms. The molecule has 2 N–H and O–H groups in total. The van der Waals surface area contributed by atoms with Crippen molar-refractivity contribution in [3.63, 3.8) is 0 Å². The van der Waals surface area contributed by atoms with Crippen LogP contribution in [0.2, 0.25) is 5.28 Å². The summed E-state index contributed by atoms with van der Waals surface area (Å²) in [5, 5.41) is 0.267. The number of halogens is 1. The van der Waals surface area contributed by atoms with Crippen LogP contribution in [0, 0.1) is 0 Å². The van der Waals surface area contributed by atoms with Gasteiger partial charge in [-0.2, -0.15) is 4.98 Å². The summed E-state index contributed by atoms with van der Waals surface area (Å²) in [7, 11) is 0. The molecule has 1 atom stereocenters. The van der Waals surface area contributed by atoms with E-state index in [-0.39, 0.29) is 5.28 Å². The molecule has 5 nitrogen and oxygen atoms in total. The van der Waals surface area contributed by atoms with Gasteiger partial charge in [0, 0.05) is 19.1 Å². The summed E-state index contributed by atoms with van der Waals surface area (Å²) in [6, 6.07) is 0.639. The topological polar surface area (TPSA) is 58.3 Å². The minimum Gasteiger partial charge on any atom is -0.394 e. The summed E-state index contributed by atoms with van der Waals surface area (Å²) in [5.41, 5.74) is 6.54. The van der Waals surface area contributed by atoms with Crippen LogP contribution in [0.5, 0.6) is 0 Å². The molecule has 18 heavy (non-hydrogen) atoms. The van der Waals surface area contributed by atoms with Crippen LogP contribution in [0.25, 0.3) is 0 Å². The minimum atomic E-state index is 0.267. The van der Waals surface area contributed by atoms with Crippen LogP contribution in [-0.4, -0.2) is 47.1 Å². The Morgan fingerprint density at radius 2 is 2.06 bits per heavy atom. The number of nitrogen functional groups attached to an aromatic ring is 1. The Balaban J connectivity index is 1.72. The van der Waals surface area contributed by atoms with Crippen molar-refractivity contribution >= 4 is 23.1 Å². The second-order valence-electron chi connectivity index (χ2n) is 5.05. The normalized spacial score (nSPS) is 24.9. The van der Waals surface area contributed by atoms with Crippen molar-refractivity contribution in [1.82, 2.24) is 14.9 Å². The molecule has 1 aromatic rings. The molecule has 2 fully saturated rings. The summed E-state index contributed by atoms with van der Waals surface area (Å²) < 4.78 is 0. The highest BCUT2D eigenvalue weighted by Crippen LogP contribution is 2.27. The molecular weight excluding hydrogens is 250 g/mol. The highest BCUT2D eigenvalue weighted by atomic mass is 35.5. The van der Waals surface area contributed by atoms with E-state index < -0.39 is 0 Å². The standard InChI is InChI=1S/C12H18ClN5/c13-12-15-7-10(14)11(16-12)18-6-3-9(8-18)17-4-1-2-5-17/h7,9H,1-6,8,14H2. The van der Waals surface area contributed by atoms with Crippen molar-refractivity contribution in [1.29, 1.82) is 0 Å². The van der Waals surface area contributed by atoms with Crippen LogP contribution >= 0.6 is 11.6 Å². The van der Waals surface area contributed by atoms with E-state index in [1.54, 1.807) is 6.20 Å². The molecule has 2 aliphatic heterocycles. The number of hydrogen-bond acceptors (Lipinski definition) is 5. The molecule has 3 heterocycles. The van der Waals surface area contributed by atoms with Gasteiger partial charge in [-0.15, -0.1) is 0 Å². The summed E-state index contributed by atoms with van der Waals surface area (Å²) in [6.07, 6.45) is 5.44. The maximum absolute atomic E-state index is 5.93. The number of nitrogens with two attached hydrogens (primary N) is 1. The predicted molar refractivity (Wildman–Crippen MR) is 72.9 cm³/mol. The van der Waals surface area contributed by atoms with E-state index in [1.165, 1.54) is 32.4 Å². The van der Waals surface area contributed by atoms with Crippen LogP contribution in [-0.2, 0) is 0 Å². The third-order valence-electron chi connectivity index (χ3n) is 3.89. The van der Waals surface area contributed by atoms with Gasteiger partial charge in [0.2, 0.25) is 5.28 Å². The van der Waals surface area contributed by atoms with Gasteiger partial charge < -0.3 is 10.6 Å². The highest BCUT2D eigenvalue weighted by molar-refractivity contribution is 6.28. The second kappa shape index (κ2) is 4.90. The molecule has 1 unspecified atom stereocenters. The van der Waals surface area contributed by atoms with Gasteiger partial charge in [-0.3, -0.25) is 4.90 Å². The Kier molecular flexibility index (Phi) is 3.26. The molecule has 2 saturated heterocycles. The first-order chi connectivity index (χ1) is 8.74. The lowest BCUT2D eigenvalue weighted by molar-refractivity contribution is 0.260. The average Bonchev–Trinajstić information content (AvgIpc) is 3.00. The zero-order valence-electron chi connectivity index (χ0n) is 10.3. The number of likely N-dealkylation sites (tertiary alicyclic amines) is 1. The molecular formula is C12H18ClN5. The highest BCUT2D eigenvalue weighted by Gasteiger charge is 2.30. The molecule has 2 aliphatic rings. The Hall–Kier alpha value is -1.07. The van der Waals surface area contributed by atoms with Gasteiger partial charge in [-0.05, 0) is 44.0 Å². The van der Waals surface area contributed by atoms with Crippen molar-refractivity contribution in [2.24, 2.45) is 0 Å². The van der Waals surface area contributed by atoms with E-state index in [0.717, 1.165) is 18.9 Å². The number of rotatable bonds is 2. The van der Waals surface area contributed by atoms with Crippen LogP contribution in [0.3, 0.4) is 0 Å². The third-order valence-corrected chi connectivity index (χ3v) is 4.07. The Morgan fingerprint density at radius 3 is 2.83 bits per heavy atom. The summed E-state index contributed by atoms with van der Waals surface area (Å²) in [6.45, 7) is 4.47. The van der Waals surface area contributed by atoms with Crippen LogP contribution in [0.4, 0.5) is 11.5 Å². The second-order valence-corrected chi connectivity index (χ2v) is 5.39. The predicted octanol–water partition coefficient (Wildman–Crippen LogP) is 1.39. The van der Waals surface area contributed by atoms with Crippen molar-refractivity contribution < 1.29 is 0 Å². The number of hydrogen-bond donors (Lipinski definition) is 1. The van der Waals surface area contributed by atoms with Gasteiger partial charge in [-0.1, -0.05) is 0 Å². The van der Waals surface area contributed by atoms with Gasteiger partial charge in [0.1, 0.15) is 0 Å². The minimum absolute atomic E-state index is 0.267. The van der Waals surface area contributed by atoms with E-state index in [9.17, 15) is 0 Å². The monoisotopic (exact) mass is 267 g/mol. The van der Waals surface area contributed by atoms with Gasteiger partial charge >= 0.3 is 0 Å². The summed E-state index contributed by atoms with van der Waals surface area (Å²) in [4.78, 5) is 13.0. The zero-order chi connectivity index (χ0) is 12.5. The summed E-state index contributed by atoms with van der Waals surface area (Å²) in [5.74, 6) is 0.789. The lowest BCUT2D eigenvalue weighted by Gasteiger charge is -2.24. The SMILES string of the molecule is Nc1cnc(Cl)nc1N1CCC(N2CCCC2)C1. The lowest BCUT2D eigenvalue weighted by atomic mass is 10.2. The van der Waals surface area contributed by atoms with Crippen molar-refractivity contribution in [2.75, 3.05) is 36.8 Å². The van der Waals surface area contributed by atoms with E-state index in [0.29, 0.717) is 11.7 Å². The van der Waals surface area contributed by atoms with Gasteiger partial charge in [-0.25, -0.2) is 4.98 Å². The molecule has 6 heteroatoms. The fourth-order valence-corrected chi connectivity index (χ4v) is 3.08. The number of nitrogens with zero attached hydrogens (tertiary/aromatic N) is 4. The first kappa shape index (κ1) is 12.0. The van der Waals surface area contributed by atoms with Crippen LogP contribution < -0.4 is 10.6 Å². The van der Waals surface area contributed by atoms with Crippen LogP contribution in [0.1, 0.15) is 19.3 Å². The lowest BCUT2D eigenvalue weighted by Crippen LogP contribution is -2.35. The number of aromatic nitrogens is 2. The maximum Gasteiger partial charge on any atom is 0.224 e. The molecule has 98 valence electrons. The average molecular weight is 268 g/mol. The van der Waals surface area contributed by atoms with E-state index in [4.69, 9.17) is 17.3 Å². The van der Waals surface area contributed by atoms with Gasteiger partial charge in [0.15, 0.2) is 5.82 Å². The first-order valence-corrected chi connectivity index (χ1v) is 6.89. The maximum atomic E-state index is 5.93. The molecule has 0 aliphatic carbocycles. The molecule has 3 rings (SSSR count). The largest absolute Gasteiger partial charge is 0.394 e. The molecule has 0 amide bonds. The molecule has 0 saturated carbocycles. The zero-order valence-corrected chi connectivity index (χ0v) is 11.1. The van der Waals surface area contributed by atoms with Crippen molar-refractivity contribution in [2.45, 2.75) is 25.3 Å². The first-order valence-electron chi connectivity index (χ1n) is 6.51.